The predicted molar refractivity (Wildman–Crippen MR) is 47.9 cm³/mol. The van der Waals surface area contributed by atoms with Gasteiger partial charge in [-0.1, -0.05) is 0 Å². The second-order valence-corrected chi connectivity index (χ2v) is 2.91. The van der Waals surface area contributed by atoms with Crippen molar-refractivity contribution in [3.63, 3.8) is 0 Å². The van der Waals surface area contributed by atoms with Gasteiger partial charge in [0.15, 0.2) is 0 Å². The molecule has 0 saturated heterocycles. The molecule has 1 aromatic rings. The van der Waals surface area contributed by atoms with Gasteiger partial charge in [-0.2, -0.15) is 0 Å². The molecule has 5 heteroatoms. The number of pyridine rings is 1. The van der Waals surface area contributed by atoms with E-state index in [1.54, 1.807) is 6.92 Å². The van der Waals surface area contributed by atoms with E-state index < -0.39 is 6.43 Å². The number of anilines is 1. The fourth-order valence-electron chi connectivity index (χ4n) is 0.948. The Morgan fingerprint density at radius 1 is 1.62 bits per heavy atom. The maximum absolute atomic E-state index is 12.2. The molecule has 0 aliphatic carbocycles. The van der Waals surface area contributed by atoms with Crippen LogP contribution in [0.5, 0.6) is 0 Å². The van der Waals surface area contributed by atoms with Crippen molar-refractivity contribution in [1.82, 2.24) is 4.98 Å². The van der Waals surface area contributed by atoms with Crippen molar-refractivity contribution in [3.05, 3.63) is 23.0 Å². The van der Waals surface area contributed by atoms with Crippen LogP contribution in [0, 0.1) is 6.92 Å². The second-order valence-electron chi connectivity index (χ2n) is 2.64. The third-order valence-corrected chi connectivity index (χ3v) is 2.04. The van der Waals surface area contributed by atoms with E-state index in [2.05, 4.69) is 4.98 Å². The van der Waals surface area contributed by atoms with E-state index in [0.29, 0.717) is 16.9 Å². The molecule has 0 saturated carbocycles. The molecule has 1 rings (SSSR count). The van der Waals surface area contributed by atoms with Crippen molar-refractivity contribution in [2.75, 3.05) is 5.73 Å². The summed E-state index contributed by atoms with van der Waals surface area (Å²) >= 11 is 5.52. The fraction of sp³-hybridized carbons (Fsp3) is 0.375. The number of nitrogen functional groups attached to an aromatic ring is 1. The van der Waals surface area contributed by atoms with Crippen LogP contribution in [-0.4, -0.2) is 4.98 Å². The molecule has 2 nitrogen and oxygen atoms in total. The third kappa shape index (κ3) is 2.06. The normalized spacial score (nSPS) is 10.8. The van der Waals surface area contributed by atoms with Gasteiger partial charge in [-0.15, -0.1) is 11.6 Å². The highest BCUT2D eigenvalue weighted by atomic mass is 35.5. The first-order valence-corrected chi connectivity index (χ1v) is 4.19. The van der Waals surface area contributed by atoms with Gasteiger partial charge in [0.2, 0.25) is 0 Å². The molecule has 0 fully saturated rings. The smallest absolute Gasteiger partial charge is 0.280 e. The first-order chi connectivity index (χ1) is 6.06. The number of nitrogens with zero attached hydrogens (tertiary/aromatic N) is 1. The van der Waals surface area contributed by atoms with Gasteiger partial charge < -0.3 is 5.73 Å². The molecule has 0 radical (unpaired) electrons. The highest BCUT2D eigenvalue weighted by Crippen LogP contribution is 2.23. The molecule has 0 aromatic carbocycles. The van der Waals surface area contributed by atoms with Gasteiger partial charge in [-0.3, -0.25) is 4.98 Å². The highest BCUT2D eigenvalue weighted by molar-refractivity contribution is 6.17. The Hall–Kier alpha value is -0.900. The van der Waals surface area contributed by atoms with Gasteiger partial charge in [0, 0.05) is 5.69 Å². The summed E-state index contributed by atoms with van der Waals surface area (Å²) < 4.78 is 24.5. The van der Waals surface area contributed by atoms with Crippen molar-refractivity contribution < 1.29 is 8.78 Å². The van der Waals surface area contributed by atoms with Crippen molar-refractivity contribution >= 4 is 17.3 Å². The van der Waals surface area contributed by atoms with Crippen LogP contribution in [0.15, 0.2) is 6.07 Å². The summed E-state index contributed by atoms with van der Waals surface area (Å²) in [4.78, 5) is 3.69. The van der Waals surface area contributed by atoms with Crippen molar-refractivity contribution in [2.45, 2.75) is 19.2 Å². The van der Waals surface area contributed by atoms with Gasteiger partial charge in [-0.25, -0.2) is 8.78 Å². The Kier molecular flexibility index (Phi) is 3.03. The van der Waals surface area contributed by atoms with E-state index in [1.807, 2.05) is 0 Å². The summed E-state index contributed by atoms with van der Waals surface area (Å²) in [5.74, 6) is 0.0938. The van der Waals surface area contributed by atoms with E-state index in [4.69, 9.17) is 17.3 Å². The minimum absolute atomic E-state index is 0.0938. The number of nitrogens with two attached hydrogens (primary N) is 1. The highest BCUT2D eigenvalue weighted by Gasteiger charge is 2.13. The lowest BCUT2D eigenvalue weighted by Crippen LogP contribution is -2.02. The quantitative estimate of drug-likeness (QED) is 0.756. The molecule has 0 aliphatic rings. The summed E-state index contributed by atoms with van der Waals surface area (Å²) in [7, 11) is 0. The van der Waals surface area contributed by atoms with Crippen LogP contribution in [0.4, 0.5) is 14.5 Å². The second kappa shape index (κ2) is 3.87. The van der Waals surface area contributed by atoms with Crippen LogP contribution in [0.2, 0.25) is 0 Å². The molecular formula is C8H9ClF2N2. The van der Waals surface area contributed by atoms with E-state index in [0.717, 1.165) is 0 Å². The standard InChI is InChI=1S/C8H9ClF2N2/c1-4-5(12)2-6(8(10)11)13-7(4)3-9/h2,8H,3H2,1H3,(H2,12,13). The monoisotopic (exact) mass is 206 g/mol. The van der Waals surface area contributed by atoms with E-state index in [9.17, 15) is 8.78 Å². The SMILES string of the molecule is Cc1c(N)cc(C(F)F)nc1CCl. The lowest BCUT2D eigenvalue weighted by atomic mass is 10.1. The Morgan fingerprint density at radius 3 is 2.69 bits per heavy atom. The molecule has 1 heterocycles. The number of alkyl halides is 3. The molecule has 0 atom stereocenters. The molecule has 0 aliphatic heterocycles. The average Bonchev–Trinajstić information content (AvgIpc) is 2.09. The van der Waals surface area contributed by atoms with Crippen LogP contribution in [0.25, 0.3) is 0 Å². The van der Waals surface area contributed by atoms with Crippen LogP contribution >= 0.6 is 11.6 Å². The van der Waals surface area contributed by atoms with Crippen molar-refractivity contribution in [1.29, 1.82) is 0 Å². The third-order valence-electron chi connectivity index (χ3n) is 1.78. The first kappa shape index (κ1) is 10.2. The van der Waals surface area contributed by atoms with Crippen LogP contribution in [0.1, 0.15) is 23.4 Å². The molecular weight excluding hydrogens is 198 g/mol. The Morgan fingerprint density at radius 2 is 2.23 bits per heavy atom. The Bertz CT molecular complexity index is 315. The number of hydrogen-bond acceptors (Lipinski definition) is 2. The fourth-order valence-corrected chi connectivity index (χ4v) is 1.21. The summed E-state index contributed by atoms with van der Waals surface area (Å²) in [5.41, 5.74) is 6.57. The molecule has 1 aromatic heterocycles. The van der Waals surface area contributed by atoms with Crippen molar-refractivity contribution in [2.24, 2.45) is 0 Å². The average molecular weight is 207 g/mol. The summed E-state index contributed by atoms with van der Waals surface area (Å²) in [6.45, 7) is 1.70. The van der Waals surface area contributed by atoms with Gasteiger partial charge in [0.25, 0.3) is 6.43 Å². The molecule has 0 amide bonds. The van der Waals surface area contributed by atoms with Gasteiger partial charge in [0.1, 0.15) is 5.69 Å². The minimum Gasteiger partial charge on any atom is -0.398 e. The van der Waals surface area contributed by atoms with E-state index in [1.165, 1.54) is 6.07 Å². The minimum atomic E-state index is -2.61. The summed E-state index contributed by atoms with van der Waals surface area (Å²) in [5, 5.41) is 0. The van der Waals surface area contributed by atoms with Gasteiger partial charge in [-0.05, 0) is 18.6 Å². The number of halogens is 3. The maximum atomic E-state index is 12.2. The zero-order valence-corrected chi connectivity index (χ0v) is 7.78. The zero-order chi connectivity index (χ0) is 10.0. The predicted octanol–water partition coefficient (Wildman–Crippen LogP) is 2.65. The van der Waals surface area contributed by atoms with Gasteiger partial charge in [0.05, 0.1) is 11.6 Å². The van der Waals surface area contributed by atoms with Gasteiger partial charge >= 0.3 is 0 Å². The van der Waals surface area contributed by atoms with Crippen LogP contribution < -0.4 is 5.73 Å². The lowest BCUT2D eigenvalue weighted by Gasteiger charge is -2.07. The van der Waals surface area contributed by atoms with E-state index >= 15 is 0 Å². The number of hydrogen-bond donors (Lipinski definition) is 1. The molecule has 72 valence electrons. The summed E-state index contributed by atoms with van der Waals surface area (Å²) in [6.07, 6.45) is -2.61. The van der Waals surface area contributed by atoms with Crippen LogP contribution in [-0.2, 0) is 5.88 Å². The first-order valence-electron chi connectivity index (χ1n) is 3.66. The molecule has 13 heavy (non-hydrogen) atoms. The molecule has 0 spiro atoms. The van der Waals surface area contributed by atoms with Crippen molar-refractivity contribution in [3.8, 4) is 0 Å². The molecule has 0 unspecified atom stereocenters. The molecule has 2 N–H and O–H groups in total. The Balaban J connectivity index is 3.22. The topological polar surface area (TPSA) is 38.9 Å². The molecule has 0 bridgehead atoms. The largest absolute Gasteiger partial charge is 0.398 e. The van der Waals surface area contributed by atoms with E-state index in [-0.39, 0.29) is 11.6 Å². The Labute approximate surface area is 79.7 Å². The maximum Gasteiger partial charge on any atom is 0.280 e. The summed E-state index contributed by atoms with van der Waals surface area (Å²) in [6, 6.07) is 1.18. The lowest BCUT2D eigenvalue weighted by molar-refractivity contribution is 0.146. The zero-order valence-electron chi connectivity index (χ0n) is 7.02. The number of rotatable bonds is 2. The number of aromatic nitrogens is 1. The van der Waals surface area contributed by atoms with Crippen LogP contribution in [0.3, 0.4) is 0 Å².